The quantitative estimate of drug-likeness (QED) is 0.670. The lowest BCUT2D eigenvalue weighted by atomic mass is 10.1. The normalized spacial score (nSPS) is 10.1. The van der Waals surface area contributed by atoms with Gasteiger partial charge in [0.05, 0.1) is 21.5 Å². The molecule has 1 aromatic carbocycles. The Balaban J connectivity index is 2.38. The number of nitrogens with zero attached hydrogens (tertiary/aromatic N) is 4. The van der Waals surface area contributed by atoms with Crippen molar-refractivity contribution in [2.24, 2.45) is 7.05 Å². The molecule has 0 spiro atoms. The smallest absolute Gasteiger partial charge is 0.277 e. The van der Waals surface area contributed by atoms with E-state index in [1.807, 2.05) is 0 Å². The van der Waals surface area contributed by atoms with Crippen LogP contribution in [0.2, 0.25) is 0 Å². The number of nitro benzene ring substituents is 2. The third kappa shape index (κ3) is 3.00. The molecule has 0 aliphatic heterocycles. The minimum atomic E-state index is -0.801. The van der Waals surface area contributed by atoms with Crippen molar-refractivity contribution in [2.75, 3.05) is 5.32 Å². The summed E-state index contributed by atoms with van der Waals surface area (Å²) in [7, 11) is 1.64. The highest BCUT2D eigenvalue weighted by Gasteiger charge is 2.20. The Bertz CT molecular complexity index is 706. The van der Waals surface area contributed by atoms with Crippen molar-refractivity contribution in [2.45, 2.75) is 0 Å². The van der Waals surface area contributed by atoms with Gasteiger partial charge in [0.25, 0.3) is 17.3 Å². The monoisotopic (exact) mass is 291 g/mol. The molecule has 1 amide bonds. The lowest BCUT2D eigenvalue weighted by Gasteiger charge is -2.05. The Kier molecular flexibility index (Phi) is 3.61. The fraction of sp³-hybridized carbons (Fsp3) is 0.0909. The summed E-state index contributed by atoms with van der Waals surface area (Å²) in [5, 5.41) is 23.9. The third-order valence-electron chi connectivity index (χ3n) is 2.63. The zero-order chi connectivity index (χ0) is 15.6. The fourth-order valence-corrected chi connectivity index (χ4v) is 1.60. The molecule has 0 saturated carbocycles. The van der Waals surface area contributed by atoms with Crippen LogP contribution in [-0.2, 0) is 7.05 Å². The minimum Gasteiger partial charge on any atom is -0.320 e. The van der Waals surface area contributed by atoms with Gasteiger partial charge in [0.15, 0.2) is 0 Å². The number of hydrogen-bond donors (Lipinski definition) is 1. The van der Waals surface area contributed by atoms with Gasteiger partial charge in [0.2, 0.25) is 5.95 Å². The van der Waals surface area contributed by atoms with Crippen molar-refractivity contribution in [3.8, 4) is 0 Å². The number of aryl methyl sites for hydroxylation is 1. The van der Waals surface area contributed by atoms with Crippen molar-refractivity contribution in [1.29, 1.82) is 0 Å². The Morgan fingerprint density at radius 2 is 1.76 bits per heavy atom. The number of anilines is 1. The molecule has 1 aromatic heterocycles. The topological polar surface area (TPSA) is 133 Å². The summed E-state index contributed by atoms with van der Waals surface area (Å²) in [6.45, 7) is 0. The molecule has 0 fully saturated rings. The number of benzene rings is 1. The number of nitro groups is 2. The average molecular weight is 291 g/mol. The van der Waals surface area contributed by atoms with Gasteiger partial charge in [-0.3, -0.25) is 30.3 Å². The van der Waals surface area contributed by atoms with E-state index in [0.29, 0.717) is 0 Å². The largest absolute Gasteiger partial charge is 0.320 e. The van der Waals surface area contributed by atoms with Gasteiger partial charge in [0, 0.05) is 31.6 Å². The molecule has 108 valence electrons. The van der Waals surface area contributed by atoms with Crippen LogP contribution in [0.4, 0.5) is 17.3 Å². The summed E-state index contributed by atoms with van der Waals surface area (Å²) >= 11 is 0. The first-order valence-electron chi connectivity index (χ1n) is 5.61. The van der Waals surface area contributed by atoms with E-state index in [0.717, 1.165) is 18.2 Å². The van der Waals surface area contributed by atoms with Gasteiger partial charge in [-0.05, 0) is 0 Å². The van der Waals surface area contributed by atoms with E-state index in [2.05, 4.69) is 10.3 Å². The summed E-state index contributed by atoms with van der Waals surface area (Å²) in [5.41, 5.74) is -1.26. The summed E-state index contributed by atoms with van der Waals surface area (Å²) in [6, 6.07) is 2.72. The summed E-state index contributed by atoms with van der Waals surface area (Å²) in [5.74, 6) is -0.509. The zero-order valence-corrected chi connectivity index (χ0v) is 10.7. The van der Waals surface area contributed by atoms with E-state index >= 15 is 0 Å². The Hall–Kier alpha value is -3.30. The summed E-state index contributed by atoms with van der Waals surface area (Å²) in [6.07, 6.45) is 3.04. The van der Waals surface area contributed by atoms with Gasteiger partial charge < -0.3 is 4.57 Å². The first-order valence-corrected chi connectivity index (χ1v) is 5.61. The molecular formula is C11H9N5O5. The molecular weight excluding hydrogens is 282 g/mol. The molecule has 0 bridgehead atoms. The van der Waals surface area contributed by atoms with E-state index in [4.69, 9.17) is 0 Å². The van der Waals surface area contributed by atoms with Crippen LogP contribution in [0.1, 0.15) is 10.4 Å². The lowest BCUT2D eigenvalue weighted by Crippen LogP contribution is -2.15. The Labute approximate surface area is 117 Å². The highest BCUT2D eigenvalue weighted by atomic mass is 16.6. The predicted molar refractivity (Wildman–Crippen MR) is 70.9 cm³/mol. The number of carbonyl (C=O) groups is 1. The second-order valence-electron chi connectivity index (χ2n) is 4.07. The molecule has 0 aliphatic rings. The van der Waals surface area contributed by atoms with Crippen molar-refractivity contribution in [1.82, 2.24) is 9.55 Å². The van der Waals surface area contributed by atoms with E-state index in [9.17, 15) is 25.0 Å². The third-order valence-corrected chi connectivity index (χ3v) is 2.63. The van der Waals surface area contributed by atoms with Crippen LogP contribution >= 0.6 is 0 Å². The maximum Gasteiger partial charge on any atom is 0.277 e. The van der Waals surface area contributed by atoms with Crippen LogP contribution in [0, 0.1) is 20.2 Å². The lowest BCUT2D eigenvalue weighted by molar-refractivity contribution is -0.394. The number of hydrogen-bond acceptors (Lipinski definition) is 6. The second-order valence-corrected chi connectivity index (χ2v) is 4.07. The highest BCUT2D eigenvalue weighted by molar-refractivity contribution is 6.04. The first-order chi connectivity index (χ1) is 9.88. The van der Waals surface area contributed by atoms with Gasteiger partial charge >= 0.3 is 0 Å². The SMILES string of the molecule is Cn1ccnc1NC(=O)c1cc([N+](=O)[O-])cc([N+](=O)[O-])c1. The van der Waals surface area contributed by atoms with Crippen LogP contribution in [0.25, 0.3) is 0 Å². The average Bonchev–Trinajstić information content (AvgIpc) is 2.83. The molecule has 1 N–H and O–H groups in total. The van der Waals surface area contributed by atoms with Crippen molar-refractivity contribution < 1.29 is 14.6 Å². The van der Waals surface area contributed by atoms with Crippen LogP contribution in [0.15, 0.2) is 30.6 Å². The molecule has 10 heteroatoms. The minimum absolute atomic E-state index is 0.195. The maximum absolute atomic E-state index is 12.0. The van der Waals surface area contributed by atoms with Crippen molar-refractivity contribution in [3.63, 3.8) is 0 Å². The predicted octanol–water partition coefficient (Wildman–Crippen LogP) is 1.49. The number of imidazole rings is 1. The molecule has 0 aliphatic carbocycles. The molecule has 10 nitrogen and oxygen atoms in total. The van der Waals surface area contributed by atoms with Gasteiger partial charge in [-0.25, -0.2) is 4.98 Å². The van der Waals surface area contributed by atoms with Crippen LogP contribution in [0.5, 0.6) is 0 Å². The standard InChI is InChI=1S/C11H9N5O5/c1-14-3-2-12-11(14)13-10(17)7-4-8(15(18)19)6-9(5-7)16(20)21/h2-6H,1H3,(H,12,13,17). The second kappa shape index (κ2) is 5.36. The molecule has 1 heterocycles. The maximum atomic E-state index is 12.0. The number of aromatic nitrogens is 2. The molecule has 2 rings (SSSR count). The van der Waals surface area contributed by atoms with Gasteiger partial charge in [-0.2, -0.15) is 0 Å². The van der Waals surface area contributed by atoms with Crippen LogP contribution in [-0.4, -0.2) is 25.3 Å². The van der Waals surface area contributed by atoms with Crippen molar-refractivity contribution >= 4 is 23.2 Å². The van der Waals surface area contributed by atoms with E-state index in [-0.39, 0.29) is 11.5 Å². The van der Waals surface area contributed by atoms with Gasteiger partial charge in [0.1, 0.15) is 0 Å². The summed E-state index contributed by atoms with van der Waals surface area (Å²) < 4.78 is 1.52. The van der Waals surface area contributed by atoms with E-state index in [1.165, 1.54) is 10.8 Å². The molecule has 21 heavy (non-hydrogen) atoms. The van der Waals surface area contributed by atoms with E-state index < -0.39 is 27.1 Å². The first kappa shape index (κ1) is 14.1. The zero-order valence-electron chi connectivity index (χ0n) is 10.7. The van der Waals surface area contributed by atoms with Gasteiger partial charge in [-0.15, -0.1) is 0 Å². The Morgan fingerprint density at radius 3 is 2.19 bits per heavy atom. The summed E-state index contributed by atoms with van der Waals surface area (Å²) in [4.78, 5) is 35.8. The fourth-order valence-electron chi connectivity index (χ4n) is 1.60. The number of non-ortho nitro benzene ring substituents is 2. The Morgan fingerprint density at radius 1 is 1.19 bits per heavy atom. The molecule has 2 aromatic rings. The van der Waals surface area contributed by atoms with E-state index in [1.54, 1.807) is 13.2 Å². The molecule has 0 atom stereocenters. The molecule has 0 saturated heterocycles. The van der Waals surface area contributed by atoms with Crippen LogP contribution < -0.4 is 5.32 Å². The molecule has 0 unspecified atom stereocenters. The number of rotatable bonds is 4. The number of amides is 1. The number of carbonyl (C=O) groups excluding carboxylic acids is 1. The molecule has 0 radical (unpaired) electrons. The highest BCUT2D eigenvalue weighted by Crippen LogP contribution is 2.23. The van der Waals surface area contributed by atoms with Gasteiger partial charge in [-0.1, -0.05) is 0 Å². The van der Waals surface area contributed by atoms with Crippen LogP contribution in [0.3, 0.4) is 0 Å². The van der Waals surface area contributed by atoms with Crippen molar-refractivity contribution in [3.05, 3.63) is 56.4 Å². The number of nitrogens with one attached hydrogen (secondary N) is 1.